The lowest BCUT2D eigenvalue weighted by Crippen LogP contribution is -2.43. The van der Waals surface area contributed by atoms with Crippen molar-refractivity contribution in [2.45, 2.75) is 31.6 Å². The van der Waals surface area contributed by atoms with Crippen LogP contribution in [0.2, 0.25) is 0 Å². The number of anilines is 1. The fraction of sp³-hybridized carbons (Fsp3) is 0.364. The number of aryl methyl sites for hydroxylation is 1. The molecule has 3 rings (SSSR count). The fourth-order valence-electron chi connectivity index (χ4n) is 3.45. The smallest absolute Gasteiger partial charge is 0.338 e. The van der Waals surface area contributed by atoms with Gasteiger partial charge in [-0.25, -0.2) is 13.2 Å². The number of nitrogens with zero attached hydrogens (tertiary/aromatic N) is 1. The largest absolute Gasteiger partial charge is 0.462 e. The van der Waals surface area contributed by atoms with E-state index in [2.05, 4.69) is 5.32 Å². The summed E-state index contributed by atoms with van der Waals surface area (Å²) >= 11 is 0. The highest BCUT2D eigenvalue weighted by molar-refractivity contribution is 7.89. The number of benzene rings is 2. The van der Waals surface area contributed by atoms with Crippen LogP contribution in [-0.4, -0.2) is 44.3 Å². The average molecular weight is 431 g/mol. The predicted molar refractivity (Wildman–Crippen MR) is 114 cm³/mol. The van der Waals surface area contributed by atoms with Gasteiger partial charge in [0.05, 0.1) is 23.0 Å². The molecule has 1 aliphatic rings. The lowest BCUT2D eigenvalue weighted by atomic mass is 9.98. The molecule has 1 amide bonds. The summed E-state index contributed by atoms with van der Waals surface area (Å²) in [6, 6.07) is 13.2. The minimum atomic E-state index is -3.64. The van der Waals surface area contributed by atoms with Crippen molar-refractivity contribution in [2.75, 3.05) is 25.0 Å². The molecule has 0 aromatic heterocycles. The first kappa shape index (κ1) is 22.0. The summed E-state index contributed by atoms with van der Waals surface area (Å²) in [5, 5.41) is 2.86. The topological polar surface area (TPSA) is 92.8 Å². The lowest BCUT2D eigenvalue weighted by molar-refractivity contribution is -0.120. The quantitative estimate of drug-likeness (QED) is 0.711. The molecule has 1 saturated heterocycles. The van der Waals surface area contributed by atoms with E-state index >= 15 is 0 Å². The molecule has 1 fully saturated rings. The van der Waals surface area contributed by atoms with Crippen LogP contribution in [0.25, 0.3) is 0 Å². The van der Waals surface area contributed by atoms with Gasteiger partial charge in [-0.2, -0.15) is 4.31 Å². The van der Waals surface area contributed by atoms with E-state index in [1.54, 1.807) is 55.5 Å². The lowest BCUT2D eigenvalue weighted by Gasteiger charge is -2.31. The Labute approximate surface area is 177 Å². The van der Waals surface area contributed by atoms with Gasteiger partial charge in [0.15, 0.2) is 0 Å². The van der Waals surface area contributed by atoms with Crippen molar-refractivity contribution < 1.29 is 22.7 Å². The van der Waals surface area contributed by atoms with Gasteiger partial charge < -0.3 is 10.1 Å². The molecule has 1 atom stereocenters. The maximum atomic E-state index is 12.9. The zero-order valence-corrected chi connectivity index (χ0v) is 17.9. The average Bonchev–Trinajstić information content (AvgIpc) is 2.76. The third-order valence-electron chi connectivity index (χ3n) is 5.14. The Balaban J connectivity index is 1.73. The van der Waals surface area contributed by atoms with Crippen LogP contribution in [-0.2, 0) is 19.6 Å². The van der Waals surface area contributed by atoms with Crippen molar-refractivity contribution >= 4 is 27.6 Å². The SMILES string of the molecule is CCOC(=O)c1ccc(C)c(NC(=O)C2CCCN(S(=O)(=O)c3ccccc3)C2)c1. The molecular weight excluding hydrogens is 404 g/mol. The first-order valence-corrected chi connectivity index (χ1v) is 11.4. The first-order valence-electron chi connectivity index (χ1n) is 9.96. The van der Waals surface area contributed by atoms with E-state index in [1.807, 2.05) is 6.92 Å². The van der Waals surface area contributed by atoms with Crippen molar-refractivity contribution in [2.24, 2.45) is 5.92 Å². The number of sulfonamides is 1. The number of amides is 1. The van der Waals surface area contributed by atoms with Gasteiger partial charge >= 0.3 is 5.97 Å². The molecule has 30 heavy (non-hydrogen) atoms. The number of carbonyl (C=O) groups excluding carboxylic acids is 2. The number of carbonyl (C=O) groups is 2. The van der Waals surface area contributed by atoms with E-state index in [1.165, 1.54) is 4.31 Å². The predicted octanol–water partition coefficient (Wildman–Crippen LogP) is 3.21. The normalized spacial score (nSPS) is 17.3. The zero-order chi connectivity index (χ0) is 21.7. The van der Waals surface area contributed by atoms with Crippen molar-refractivity contribution in [1.82, 2.24) is 4.31 Å². The molecule has 0 aliphatic carbocycles. The first-order chi connectivity index (χ1) is 14.3. The fourth-order valence-corrected chi connectivity index (χ4v) is 4.99. The highest BCUT2D eigenvalue weighted by Gasteiger charge is 2.33. The monoisotopic (exact) mass is 430 g/mol. The van der Waals surface area contributed by atoms with Crippen LogP contribution in [0.4, 0.5) is 5.69 Å². The third-order valence-corrected chi connectivity index (χ3v) is 7.02. The van der Waals surface area contributed by atoms with Crippen molar-refractivity contribution in [1.29, 1.82) is 0 Å². The summed E-state index contributed by atoms with van der Waals surface area (Å²) in [5.41, 5.74) is 1.68. The van der Waals surface area contributed by atoms with Gasteiger partial charge in [-0.05, 0) is 56.5 Å². The van der Waals surface area contributed by atoms with E-state index in [9.17, 15) is 18.0 Å². The summed E-state index contributed by atoms with van der Waals surface area (Å²) in [4.78, 5) is 25.1. The maximum Gasteiger partial charge on any atom is 0.338 e. The molecule has 1 N–H and O–H groups in total. The van der Waals surface area contributed by atoms with Crippen LogP contribution in [0.5, 0.6) is 0 Å². The van der Waals surface area contributed by atoms with Crippen molar-refractivity contribution in [3.63, 3.8) is 0 Å². The molecular formula is C22H26N2O5S. The van der Waals surface area contributed by atoms with Gasteiger partial charge in [-0.3, -0.25) is 4.79 Å². The summed E-state index contributed by atoms with van der Waals surface area (Å²) in [6.45, 7) is 4.34. The second-order valence-corrected chi connectivity index (χ2v) is 9.19. The molecule has 7 nitrogen and oxygen atoms in total. The van der Waals surface area contributed by atoms with Gasteiger partial charge in [0.2, 0.25) is 15.9 Å². The van der Waals surface area contributed by atoms with E-state index < -0.39 is 21.9 Å². The molecule has 0 radical (unpaired) electrons. The van der Waals surface area contributed by atoms with Gasteiger partial charge in [-0.1, -0.05) is 24.3 Å². The Morgan fingerprint density at radius 3 is 2.60 bits per heavy atom. The van der Waals surface area contributed by atoms with Crippen LogP contribution < -0.4 is 5.32 Å². The number of esters is 1. The standard InChI is InChI=1S/C22H26N2O5S/c1-3-29-22(26)17-12-11-16(2)20(14-17)23-21(25)18-8-7-13-24(15-18)30(27,28)19-9-5-4-6-10-19/h4-6,9-12,14,18H,3,7-8,13,15H2,1-2H3,(H,23,25). The highest BCUT2D eigenvalue weighted by Crippen LogP contribution is 2.26. The summed E-state index contributed by atoms with van der Waals surface area (Å²) in [5.74, 6) is -1.18. The van der Waals surface area contributed by atoms with E-state index in [-0.39, 0.29) is 24.0 Å². The molecule has 0 bridgehead atoms. The molecule has 1 aliphatic heterocycles. The van der Waals surface area contributed by atoms with Crippen LogP contribution in [0, 0.1) is 12.8 Å². The molecule has 2 aromatic rings. The molecule has 160 valence electrons. The van der Waals surface area contributed by atoms with Crippen LogP contribution >= 0.6 is 0 Å². The molecule has 0 spiro atoms. The Morgan fingerprint density at radius 1 is 1.17 bits per heavy atom. The zero-order valence-electron chi connectivity index (χ0n) is 17.1. The van der Waals surface area contributed by atoms with Crippen molar-refractivity contribution in [3.05, 3.63) is 59.7 Å². The van der Waals surface area contributed by atoms with Crippen molar-refractivity contribution in [3.8, 4) is 0 Å². The summed E-state index contributed by atoms with van der Waals surface area (Å²) < 4.78 is 32.2. The number of rotatable bonds is 6. The van der Waals surface area contributed by atoms with Crippen LogP contribution in [0.3, 0.4) is 0 Å². The summed E-state index contributed by atoms with van der Waals surface area (Å²) in [6.07, 6.45) is 1.20. The number of hydrogen-bond acceptors (Lipinski definition) is 5. The second-order valence-electron chi connectivity index (χ2n) is 7.25. The van der Waals surface area contributed by atoms with Gasteiger partial charge in [0, 0.05) is 18.8 Å². The van der Waals surface area contributed by atoms with Crippen LogP contribution in [0.15, 0.2) is 53.4 Å². The van der Waals surface area contributed by atoms with E-state index in [0.717, 1.165) is 5.56 Å². The Kier molecular flexibility index (Phi) is 6.89. The van der Waals surface area contributed by atoms with E-state index in [4.69, 9.17) is 4.74 Å². The Morgan fingerprint density at radius 2 is 1.90 bits per heavy atom. The number of piperidine rings is 1. The molecule has 1 heterocycles. The number of nitrogens with one attached hydrogen (secondary N) is 1. The van der Waals surface area contributed by atoms with Gasteiger partial charge in [0.1, 0.15) is 0 Å². The molecule has 0 saturated carbocycles. The minimum Gasteiger partial charge on any atom is -0.462 e. The maximum absolute atomic E-state index is 12.9. The minimum absolute atomic E-state index is 0.125. The third kappa shape index (κ3) is 4.88. The summed E-state index contributed by atoms with van der Waals surface area (Å²) in [7, 11) is -3.64. The number of ether oxygens (including phenoxy) is 1. The molecule has 2 aromatic carbocycles. The highest BCUT2D eigenvalue weighted by atomic mass is 32.2. The van der Waals surface area contributed by atoms with Gasteiger partial charge in [-0.15, -0.1) is 0 Å². The molecule has 1 unspecified atom stereocenters. The van der Waals surface area contributed by atoms with Crippen LogP contribution in [0.1, 0.15) is 35.7 Å². The Bertz CT molecular complexity index is 1020. The second kappa shape index (κ2) is 9.40. The Hall–Kier alpha value is -2.71. The molecule has 8 heteroatoms. The number of hydrogen-bond donors (Lipinski definition) is 1. The van der Waals surface area contributed by atoms with E-state index in [0.29, 0.717) is 30.6 Å². The van der Waals surface area contributed by atoms with Gasteiger partial charge in [0.25, 0.3) is 0 Å².